The molecule has 8 nitrogen and oxygen atoms in total. The molecule has 0 aromatic carbocycles. The van der Waals surface area contributed by atoms with Crippen molar-refractivity contribution in [3.63, 3.8) is 0 Å². The summed E-state index contributed by atoms with van der Waals surface area (Å²) in [5, 5.41) is 4.98. The summed E-state index contributed by atoms with van der Waals surface area (Å²) in [6.45, 7) is 7.75. The number of nitrogens with zero attached hydrogens (tertiary/aromatic N) is 1. The minimum Gasteiger partial charge on any atom is -0.444 e. The molecule has 2 fully saturated rings. The zero-order valence-corrected chi connectivity index (χ0v) is 17.6. The first kappa shape index (κ1) is 24.8. The van der Waals surface area contributed by atoms with Crippen molar-refractivity contribution in [2.24, 2.45) is 5.92 Å². The maximum atomic E-state index is 13.0. The summed E-state index contributed by atoms with van der Waals surface area (Å²) in [5.41, 5.74) is -0.830. The fourth-order valence-electron chi connectivity index (χ4n) is 2.99. The highest BCUT2D eigenvalue weighted by atomic mass is 19.3. The Morgan fingerprint density at radius 3 is 2.34 bits per heavy atom. The number of ether oxygens (including phenoxy) is 1. The van der Waals surface area contributed by atoms with Crippen molar-refractivity contribution in [3.05, 3.63) is 0 Å². The fourth-order valence-corrected chi connectivity index (χ4v) is 2.99. The Morgan fingerprint density at radius 2 is 1.86 bits per heavy atom. The summed E-state index contributed by atoms with van der Waals surface area (Å²) >= 11 is 0. The lowest BCUT2D eigenvalue weighted by atomic mass is 9.89. The molecule has 0 aliphatic carbocycles. The molecule has 2 saturated heterocycles. The van der Waals surface area contributed by atoms with E-state index in [-0.39, 0.29) is 12.3 Å². The molecule has 2 aliphatic rings. The van der Waals surface area contributed by atoms with Gasteiger partial charge in [-0.05, 0) is 40.0 Å². The van der Waals surface area contributed by atoms with E-state index < -0.39 is 54.4 Å². The van der Waals surface area contributed by atoms with Crippen molar-refractivity contribution in [2.75, 3.05) is 19.6 Å². The highest BCUT2D eigenvalue weighted by Gasteiger charge is 2.49. The standard InChI is InChI=1S/C17H25F2N3O5.C2H6/c1-16(2,3)27-15(26)21-11(7-10-5-4-6-20-13(10)24)12(23)14(25)22-8-17(18,19)9-22;1-2/h10-11H,4-9H2,1-3H3,(H,20,24)(H,21,26);1-2H3. The number of alkyl carbamates (subject to hydrolysis) is 1. The van der Waals surface area contributed by atoms with Crippen LogP contribution in [-0.4, -0.2) is 65.8 Å². The third-order valence-electron chi connectivity index (χ3n) is 4.27. The van der Waals surface area contributed by atoms with Crippen molar-refractivity contribution < 1.29 is 32.7 Å². The maximum absolute atomic E-state index is 13.0. The minimum atomic E-state index is -3.01. The first-order chi connectivity index (χ1) is 13.4. The molecular formula is C19H31F2N3O5. The SMILES string of the molecule is CC.CC(C)(C)OC(=O)NC(CC1CCCNC1=O)C(=O)C(=O)N1CC(F)(F)C1. The van der Waals surface area contributed by atoms with Crippen LogP contribution < -0.4 is 10.6 Å². The number of Topliss-reactive ketones (excluding diaryl/α,β-unsaturated/α-hetero) is 1. The highest BCUT2D eigenvalue weighted by Crippen LogP contribution is 2.27. The van der Waals surface area contributed by atoms with E-state index in [9.17, 15) is 28.0 Å². The molecule has 166 valence electrons. The monoisotopic (exact) mass is 419 g/mol. The Balaban J connectivity index is 0.00000204. The summed E-state index contributed by atoms with van der Waals surface area (Å²) in [6.07, 6.45) is 0.191. The van der Waals surface area contributed by atoms with Gasteiger partial charge in [0.05, 0.1) is 13.1 Å². The number of piperidine rings is 1. The topological polar surface area (TPSA) is 105 Å². The lowest BCUT2D eigenvalue weighted by Crippen LogP contribution is -2.62. The first-order valence-electron chi connectivity index (χ1n) is 9.86. The predicted octanol–water partition coefficient (Wildman–Crippen LogP) is 1.87. The molecular weight excluding hydrogens is 388 g/mol. The van der Waals surface area contributed by atoms with E-state index in [1.165, 1.54) is 0 Å². The van der Waals surface area contributed by atoms with Crippen molar-refractivity contribution in [1.29, 1.82) is 0 Å². The van der Waals surface area contributed by atoms with Gasteiger partial charge in [-0.15, -0.1) is 0 Å². The second-order valence-corrected chi connectivity index (χ2v) is 7.95. The van der Waals surface area contributed by atoms with Gasteiger partial charge in [0.2, 0.25) is 11.7 Å². The van der Waals surface area contributed by atoms with Gasteiger partial charge in [0.15, 0.2) is 0 Å². The van der Waals surface area contributed by atoms with E-state index in [1.807, 2.05) is 13.8 Å². The minimum absolute atomic E-state index is 0.0973. The van der Waals surface area contributed by atoms with Gasteiger partial charge < -0.3 is 20.3 Å². The highest BCUT2D eigenvalue weighted by molar-refractivity contribution is 6.38. The van der Waals surface area contributed by atoms with Crippen LogP contribution in [0.25, 0.3) is 0 Å². The zero-order valence-electron chi connectivity index (χ0n) is 17.6. The number of carbonyl (C=O) groups is 4. The van der Waals surface area contributed by atoms with E-state index in [1.54, 1.807) is 20.8 Å². The summed E-state index contributed by atoms with van der Waals surface area (Å²) in [4.78, 5) is 49.5. The molecule has 0 aromatic heterocycles. The van der Waals surface area contributed by atoms with E-state index in [0.29, 0.717) is 19.4 Å². The number of likely N-dealkylation sites (tertiary alicyclic amines) is 1. The number of amides is 3. The fraction of sp³-hybridized carbons (Fsp3) is 0.789. The van der Waals surface area contributed by atoms with E-state index in [2.05, 4.69) is 10.6 Å². The Labute approximate surface area is 169 Å². The molecule has 2 heterocycles. The molecule has 10 heteroatoms. The number of rotatable bonds is 5. The van der Waals surface area contributed by atoms with Gasteiger partial charge in [0.1, 0.15) is 11.6 Å². The number of carbonyl (C=O) groups excluding carboxylic acids is 4. The van der Waals surface area contributed by atoms with Crippen LogP contribution in [-0.2, 0) is 19.1 Å². The van der Waals surface area contributed by atoms with Crippen LogP contribution >= 0.6 is 0 Å². The van der Waals surface area contributed by atoms with Gasteiger partial charge >= 0.3 is 6.09 Å². The van der Waals surface area contributed by atoms with Crippen LogP contribution in [0.15, 0.2) is 0 Å². The average molecular weight is 419 g/mol. The van der Waals surface area contributed by atoms with Crippen LogP contribution in [0.3, 0.4) is 0 Å². The smallest absolute Gasteiger partial charge is 0.408 e. The molecule has 2 atom stereocenters. The molecule has 3 amide bonds. The molecule has 0 saturated carbocycles. The number of nitrogens with one attached hydrogen (secondary N) is 2. The Hall–Kier alpha value is -2.26. The summed E-state index contributed by atoms with van der Waals surface area (Å²) in [5.74, 6) is -5.97. The van der Waals surface area contributed by atoms with Crippen LogP contribution in [0.1, 0.15) is 53.9 Å². The Bertz CT molecular complexity index is 626. The number of halogens is 2. The third-order valence-corrected chi connectivity index (χ3v) is 4.27. The molecule has 29 heavy (non-hydrogen) atoms. The van der Waals surface area contributed by atoms with E-state index >= 15 is 0 Å². The molecule has 2 aliphatic heterocycles. The lowest BCUT2D eigenvalue weighted by molar-refractivity contribution is -0.170. The molecule has 0 aromatic rings. The number of ketones is 1. The Kier molecular flexibility index (Phi) is 8.52. The zero-order chi connectivity index (χ0) is 22.4. The van der Waals surface area contributed by atoms with Gasteiger partial charge in [-0.2, -0.15) is 0 Å². The maximum Gasteiger partial charge on any atom is 0.408 e. The second-order valence-electron chi connectivity index (χ2n) is 7.95. The van der Waals surface area contributed by atoms with Crippen molar-refractivity contribution in [2.45, 2.75) is 71.4 Å². The van der Waals surface area contributed by atoms with E-state index in [0.717, 1.165) is 4.90 Å². The van der Waals surface area contributed by atoms with Crippen molar-refractivity contribution in [1.82, 2.24) is 15.5 Å². The lowest BCUT2D eigenvalue weighted by Gasteiger charge is -2.38. The van der Waals surface area contributed by atoms with Gasteiger partial charge in [-0.3, -0.25) is 14.4 Å². The first-order valence-corrected chi connectivity index (χ1v) is 9.86. The average Bonchev–Trinajstić information content (AvgIpc) is 2.59. The third kappa shape index (κ3) is 7.58. The van der Waals surface area contributed by atoms with Crippen molar-refractivity contribution in [3.8, 4) is 0 Å². The largest absolute Gasteiger partial charge is 0.444 e. The van der Waals surface area contributed by atoms with Crippen LogP contribution in [0, 0.1) is 5.92 Å². The van der Waals surface area contributed by atoms with Gasteiger partial charge in [0, 0.05) is 12.5 Å². The number of alkyl halides is 2. The van der Waals surface area contributed by atoms with Gasteiger partial charge in [-0.25, -0.2) is 13.6 Å². The quantitative estimate of drug-likeness (QED) is 0.662. The van der Waals surface area contributed by atoms with Crippen molar-refractivity contribution >= 4 is 23.7 Å². The molecule has 2 rings (SSSR count). The van der Waals surface area contributed by atoms with Crippen LogP contribution in [0.5, 0.6) is 0 Å². The molecule has 0 spiro atoms. The summed E-state index contributed by atoms with van der Waals surface area (Å²) in [6, 6.07) is -1.32. The summed E-state index contributed by atoms with van der Waals surface area (Å²) < 4.78 is 31.1. The second kappa shape index (κ2) is 9.98. The number of hydrogen-bond donors (Lipinski definition) is 2. The molecule has 0 radical (unpaired) electrons. The van der Waals surface area contributed by atoms with Crippen LogP contribution in [0.2, 0.25) is 0 Å². The normalized spacial score (nSPS) is 21.6. The van der Waals surface area contributed by atoms with Gasteiger partial charge in [0.25, 0.3) is 11.8 Å². The van der Waals surface area contributed by atoms with E-state index in [4.69, 9.17) is 4.74 Å². The van der Waals surface area contributed by atoms with Crippen LogP contribution in [0.4, 0.5) is 13.6 Å². The molecule has 2 unspecified atom stereocenters. The Morgan fingerprint density at radius 1 is 1.28 bits per heavy atom. The molecule has 2 N–H and O–H groups in total. The predicted molar refractivity (Wildman–Crippen MR) is 101 cm³/mol. The van der Waals surface area contributed by atoms with Gasteiger partial charge in [-0.1, -0.05) is 13.8 Å². The molecule has 0 bridgehead atoms. The summed E-state index contributed by atoms with van der Waals surface area (Å²) in [7, 11) is 0. The number of hydrogen-bond acceptors (Lipinski definition) is 5.